The maximum atomic E-state index is 13.0. The molecule has 2 heterocycles. The van der Waals surface area contributed by atoms with Crippen LogP contribution in [0.2, 0.25) is 0 Å². The number of ketones is 1. The van der Waals surface area contributed by atoms with E-state index in [1.54, 1.807) is 11.8 Å². The second kappa shape index (κ2) is 8.55. The molecule has 1 aromatic heterocycles. The van der Waals surface area contributed by atoms with Crippen LogP contribution in [-0.2, 0) is 6.42 Å². The number of aromatic nitrogens is 1. The fourth-order valence-electron chi connectivity index (χ4n) is 4.05. The first-order valence-corrected chi connectivity index (χ1v) is 9.95. The first-order valence-electron chi connectivity index (χ1n) is 9.95. The van der Waals surface area contributed by atoms with Crippen molar-refractivity contribution in [3.05, 3.63) is 68.6 Å². The molecule has 2 aromatic rings. The summed E-state index contributed by atoms with van der Waals surface area (Å²) in [6.45, 7) is 6.56. The first-order chi connectivity index (χ1) is 13.4. The van der Waals surface area contributed by atoms with Crippen molar-refractivity contribution in [2.45, 2.75) is 46.5 Å². The number of carbonyl (C=O) groups excluding carboxylic acids is 2. The summed E-state index contributed by atoms with van der Waals surface area (Å²) in [5.41, 5.74) is 3.20. The van der Waals surface area contributed by atoms with Gasteiger partial charge in [0.15, 0.2) is 5.78 Å². The molecule has 1 N–H and O–H groups in total. The predicted octanol–water partition coefficient (Wildman–Crippen LogP) is 3.68. The summed E-state index contributed by atoms with van der Waals surface area (Å²) in [5.74, 6) is -0.00370. The zero-order valence-electron chi connectivity index (χ0n) is 16.9. The standard InChI is InChI=1S/C23H28N2O3/c1-15-7-4-5-9-19(15)11-10-18-8-6-12-25(14-18)23(28)21-13-20(17(3)26)16(2)24-22(21)27/h4-5,7,9,13,18H,6,8,10-12,14H2,1-3H3,(H,24,27). The monoisotopic (exact) mass is 380 g/mol. The van der Waals surface area contributed by atoms with E-state index in [0.29, 0.717) is 30.3 Å². The molecule has 1 aromatic carbocycles. The summed E-state index contributed by atoms with van der Waals surface area (Å²) in [6, 6.07) is 9.86. The second-order valence-electron chi connectivity index (χ2n) is 7.83. The summed E-state index contributed by atoms with van der Waals surface area (Å²) < 4.78 is 0. The van der Waals surface area contributed by atoms with Crippen LogP contribution in [-0.4, -0.2) is 34.7 Å². The molecule has 0 radical (unpaired) electrons. The van der Waals surface area contributed by atoms with Gasteiger partial charge in [0.05, 0.1) is 0 Å². The molecule has 1 aliphatic heterocycles. The minimum atomic E-state index is -0.422. The molecule has 5 heteroatoms. The number of hydrogen-bond donors (Lipinski definition) is 1. The van der Waals surface area contributed by atoms with Crippen LogP contribution in [0, 0.1) is 19.8 Å². The molecule has 0 bridgehead atoms. The van der Waals surface area contributed by atoms with Crippen molar-refractivity contribution in [3.63, 3.8) is 0 Å². The summed E-state index contributed by atoms with van der Waals surface area (Å²) >= 11 is 0. The van der Waals surface area contributed by atoms with Gasteiger partial charge in [0, 0.05) is 24.3 Å². The van der Waals surface area contributed by atoms with Crippen molar-refractivity contribution in [1.82, 2.24) is 9.88 Å². The van der Waals surface area contributed by atoms with E-state index in [9.17, 15) is 14.4 Å². The van der Waals surface area contributed by atoms with Gasteiger partial charge < -0.3 is 9.88 Å². The van der Waals surface area contributed by atoms with Crippen LogP contribution in [0.15, 0.2) is 35.1 Å². The predicted molar refractivity (Wildman–Crippen MR) is 110 cm³/mol. The molecule has 28 heavy (non-hydrogen) atoms. The minimum absolute atomic E-state index is 0.0651. The summed E-state index contributed by atoms with van der Waals surface area (Å²) in [5, 5.41) is 0. The lowest BCUT2D eigenvalue weighted by atomic mass is 9.90. The lowest BCUT2D eigenvalue weighted by molar-refractivity contribution is 0.0666. The van der Waals surface area contributed by atoms with Crippen molar-refractivity contribution in [2.24, 2.45) is 5.92 Å². The fraction of sp³-hybridized carbons (Fsp3) is 0.435. The largest absolute Gasteiger partial charge is 0.338 e. The molecule has 1 fully saturated rings. The Labute approximate surface area is 165 Å². The molecule has 0 saturated carbocycles. The molecule has 5 nitrogen and oxygen atoms in total. The number of H-pyrrole nitrogens is 1. The molecule has 0 spiro atoms. The van der Waals surface area contributed by atoms with Gasteiger partial charge in [-0.25, -0.2) is 0 Å². The SMILES string of the molecule is CC(=O)c1cc(C(=O)N2CCCC(CCc3ccccc3C)C2)c(=O)[nH]c1C. The first kappa shape index (κ1) is 20.1. The second-order valence-corrected chi connectivity index (χ2v) is 7.83. The van der Waals surface area contributed by atoms with E-state index in [1.807, 2.05) is 6.07 Å². The Bertz CT molecular complexity index is 945. The number of nitrogens with one attached hydrogen (secondary N) is 1. The van der Waals surface area contributed by atoms with Gasteiger partial charge >= 0.3 is 0 Å². The highest BCUT2D eigenvalue weighted by atomic mass is 16.2. The quantitative estimate of drug-likeness (QED) is 0.805. The molecule has 0 aliphatic carbocycles. The zero-order valence-corrected chi connectivity index (χ0v) is 16.9. The Balaban J connectivity index is 1.71. The number of pyridine rings is 1. The fourth-order valence-corrected chi connectivity index (χ4v) is 4.05. The molecule has 1 amide bonds. The van der Waals surface area contributed by atoms with Crippen molar-refractivity contribution < 1.29 is 9.59 Å². The van der Waals surface area contributed by atoms with Gasteiger partial charge in [-0.15, -0.1) is 0 Å². The number of likely N-dealkylation sites (tertiary alicyclic amines) is 1. The Morgan fingerprint density at radius 1 is 1.18 bits per heavy atom. The number of benzene rings is 1. The van der Waals surface area contributed by atoms with E-state index in [2.05, 4.69) is 30.1 Å². The van der Waals surface area contributed by atoms with E-state index >= 15 is 0 Å². The van der Waals surface area contributed by atoms with Crippen molar-refractivity contribution in [1.29, 1.82) is 0 Å². The van der Waals surface area contributed by atoms with Gasteiger partial charge in [-0.05, 0) is 69.6 Å². The maximum absolute atomic E-state index is 13.0. The van der Waals surface area contributed by atoms with E-state index in [1.165, 1.54) is 24.1 Å². The molecule has 1 saturated heterocycles. The highest BCUT2D eigenvalue weighted by molar-refractivity contribution is 5.99. The van der Waals surface area contributed by atoms with Gasteiger partial charge in [0.1, 0.15) is 5.56 Å². The normalized spacial score (nSPS) is 16.8. The number of Topliss-reactive ketones (excluding diaryl/α,β-unsaturated/α-hetero) is 1. The Morgan fingerprint density at radius 3 is 2.64 bits per heavy atom. The molecule has 1 unspecified atom stereocenters. The Kier molecular flexibility index (Phi) is 6.12. The number of carbonyl (C=O) groups is 2. The van der Waals surface area contributed by atoms with Crippen molar-refractivity contribution in [3.8, 4) is 0 Å². The highest BCUT2D eigenvalue weighted by Crippen LogP contribution is 2.23. The van der Waals surface area contributed by atoms with Crippen LogP contribution in [0.1, 0.15) is 63.7 Å². The third-order valence-electron chi connectivity index (χ3n) is 5.74. The Morgan fingerprint density at radius 2 is 1.93 bits per heavy atom. The third kappa shape index (κ3) is 4.41. The van der Waals surface area contributed by atoms with Gasteiger partial charge in [-0.3, -0.25) is 14.4 Å². The minimum Gasteiger partial charge on any atom is -0.338 e. The number of aryl methyl sites for hydroxylation is 3. The smallest absolute Gasteiger partial charge is 0.261 e. The summed E-state index contributed by atoms with van der Waals surface area (Å²) in [7, 11) is 0. The lowest BCUT2D eigenvalue weighted by Gasteiger charge is -2.33. The van der Waals surface area contributed by atoms with Crippen LogP contribution in [0.5, 0.6) is 0 Å². The number of hydrogen-bond acceptors (Lipinski definition) is 3. The number of piperidine rings is 1. The average molecular weight is 380 g/mol. The average Bonchev–Trinajstić information content (AvgIpc) is 2.67. The highest BCUT2D eigenvalue weighted by Gasteiger charge is 2.26. The van der Waals surface area contributed by atoms with Gasteiger partial charge in [0.25, 0.3) is 11.5 Å². The van der Waals surface area contributed by atoms with Crippen LogP contribution in [0.4, 0.5) is 0 Å². The molecule has 148 valence electrons. The molecule has 3 rings (SSSR count). The number of rotatable bonds is 5. The summed E-state index contributed by atoms with van der Waals surface area (Å²) in [4.78, 5) is 41.5. The van der Waals surface area contributed by atoms with Gasteiger partial charge in [-0.2, -0.15) is 0 Å². The van der Waals surface area contributed by atoms with Gasteiger partial charge in [0.2, 0.25) is 0 Å². The molecular formula is C23H28N2O3. The van der Waals surface area contributed by atoms with Crippen LogP contribution in [0.25, 0.3) is 0 Å². The molecule has 1 atom stereocenters. The topological polar surface area (TPSA) is 70.2 Å². The zero-order chi connectivity index (χ0) is 20.3. The van der Waals surface area contributed by atoms with E-state index < -0.39 is 5.56 Å². The van der Waals surface area contributed by atoms with Crippen LogP contribution >= 0.6 is 0 Å². The summed E-state index contributed by atoms with van der Waals surface area (Å²) in [6.07, 6.45) is 4.06. The molecular weight excluding hydrogens is 352 g/mol. The number of amides is 1. The third-order valence-corrected chi connectivity index (χ3v) is 5.74. The van der Waals surface area contributed by atoms with E-state index in [0.717, 1.165) is 25.7 Å². The maximum Gasteiger partial charge on any atom is 0.261 e. The van der Waals surface area contributed by atoms with E-state index in [4.69, 9.17) is 0 Å². The van der Waals surface area contributed by atoms with Gasteiger partial charge in [-0.1, -0.05) is 24.3 Å². The molecule has 1 aliphatic rings. The van der Waals surface area contributed by atoms with Crippen molar-refractivity contribution in [2.75, 3.05) is 13.1 Å². The number of aromatic amines is 1. The van der Waals surface area contributed by atoms with E-state index in [-0.39, 0.29) is 17.3 Å². The van der Waals surface area contributed by atoms with Crippen LogP contribution < -0.4 is 5.56 Å². The lowest BCUT2D eigenvalue weighted by Crippen LogP contribution is -2.42. The number of nitrogens with zero attached hydrogens (tertiary/aromatic N) is 1. The Hall–Kier alpha value is -2.69. The van der Waals surface area contributed by atoms with Crippen molar-refractivity contribution >= 4 is 11.7 Å². The van der Waals surface area contributed by atoms with Crippen LogP contribution in [0.3, 0.4) is 0 Å².